The summed E-state index contributed by atoms with van der Waals surface area (Å²) in [5.74, 6) is 5.18. The van der Waals surface area contributed by atoms with E-state index >= 15 is 0 Å². The number of rotatable bonds is 0. The molecule has 0 N–H and O–H groups in total. The zero-order valence-electron chi connectivity index (χ0n) is 9.74. The van der Waals surface area contributed by atoms with Crippen LogP contribution in [0.3, 0.4) is 0 Å². The average molecular weight is 236 g/mol. The second-order valence-corrected chi connectivity index (χ2v) is 3.75. The minimum atomic E-state index is -0.462. The van der Waals surface area contributed by atoms with Crippen LogP contribution in [-0.2, 0) is 0 Å². The van der Waals surface area contributed by atoms with Gasteiger partial charge in [-0.05, 0) is 43.2 Å². The molecule has 0 spiro atoms. The van der Waals surface area contributed by atoms with Gasteiger partial charge in [-0.15, -0.1) is 0 Å². The smallest absolute Gasteiger partial charge is 0.125 e. The topological polar surface area (TPSA) is 36.7 Å². The fourth-order valence-electron chi connectivity index (χ4n) is 1.48. The van der Waals surface area contributed by atoms with Gasteiger partial charge in [0.2, 0.25) is 0 Å². The van der Waals surface area contributed by atoms with Gasteiger partial charge in [-0.3, -0.25) is 0 Å². The number of hydrogen-bond acceptors (Lipinski definition) is 2. The summed E-state index contributed by atoms with van der Waals surface area (Å²) in [5.41, 5.74) is 2.22. The van der Waals surface area contributed by atoms with Gasteiger partial charge >= 0.3 is 0 Å². The van der Waals surface area contributed by atoms with Crippen molar-refractivity contribution in [2.45, 2.75) is 6.92 Å². The molecule has 0 amide bonds. The van der Waals surface area contributed by atoms with Gasteiger partial charge in [0, 0.05) is 11.3 Å². The van der Waals surface area contributed by atoms with Crippen LogP contribution in [-0.4, -0.2) is 4.98 Å². The quantitative estimate of drug-likeness (QED) is 0.659. The van der Waals surface area contributed by atoms with Crippen LogP contribution in [0.15, 0.2) is 36.4 Å². The second-order valence-electron chi connectivity index (χ2n) is 3.75. The van der Waals surface area contributed by atoms with Crippen LogP contribution < -0.4 is 0 Å². The summed E-state index contributed by atoms with van der Waals surface area (Å²) in [4.78, 5) is 4.22. The Balaban J connectivity index is 2.36. The molecule has 1 heterocycles. The molecule has 2 aromatic rings. The highest BCUT2D eigenvalue weighted by atomic mass is 19.1. The summed E-state index contributed by atoms with van der Waals surface area (Å²) < 4.78 is 13.2. The third-order valence-electron chi connectivity index (χ3n) is 2.25. The van der Waals surface area contributed by atoms with Crippen LogP contribution in [0.1, 0.15) is 22.5 Å². The largest absolute Gasteiger partial charge is 0.245 e. The second kappa shape index (κ2) is 5.12. The lowest BCUT2D eigenvalue weighted by molar-refractivity contribution is 0.627. The zero-order valence-corrected chi connectivity index (χ0v) is 9.74. The lowest BCUT2D eigenvalue weighted by Gasteiger charge is -1.94. The fourth-order valence-corrected chi connectivity index (χ4v) is 1.48. The molecule has 2 nitrogen and oxygen atoms in total. The number of aryl methyl sites for hydroxylation is 1. The first kappa shape index (κ1) is 11.8. The molecule has 0 saturated heterocycles. The third kappa shape index (κ3) is 2.93. The molecule has 0 unspecified atom stereocenters. The van der Waals surface area contributed by atoms with E-state index in [-0.39, 0.29) is 5.56 Å². The van der Waals surface area contributed by atoms with Crippen LogP contribution in [0, 0.1) is 35.9 Å². The maximum atomic E-state index is 13.2. The van der Waals surface area contributed by atoms with E-state index in [0.29, 0.717) is 11.3 Å². The number of pyridine rings is 1. The van der Waals surface area contributed by atoms with Crippen LogP contribution >= 0.6 is 0 Å². The van der Waals surface area contributed by atoms with E-state index in [0.717, 1.165) is 5.69 Å². The molecule has 86 valence electrons. The molecular formula is C15H9FN2. The number of nitriles is 1. The van der Waals surface area contributed by atoms with Crippen LogP contribution in [0.4, 0.5) is 4.39 Å². The Labute approximate surface area is 105 Å². The van der Waals surface area contributed by atoms with Gasteiger partial charge in [-0.2, -0.15) is 5.26 Å². The third-order valence-corrected chi connectivity index (χ3v) is 2.25. The van der Waals surface area contributed by atoms with Crippen molar-refractivity contribution < 1.29 is 4.39 Å². The number of aromatic nitrogens is 1. The van der Waals surface area contributed by atoms with Gasteiger partial charge in [0.05, 0.1) is 11.6 Å². The average Bonchev–Trinajstić information content (AvgIpc) is 2.36. The van der Waals surface area contributed by atoms with E-state index in [9.17, 15) is 4.39 Å². The van der Waals surface area contributed by atoms with Gasteiger partial charge in [-0.25, -0.2) is 9.37 Å². The first-order valence-electron chi connectivity index (χ1n) is 5.34. The Bertz CT molecular complexity index is 688. The fraction of sp³-hybridized carbons (Fsp3) is 0.0667. The molecule has 0 bridgehead atoms. The molecule has 0 saturated carbocycles. The minimum absolute atomic E-state index is 0.261. The summed E-state index contributed by atoms with van der Waals surface area (Å²) in [6.45, 7) is 1.88. The highest BCUT2D eigenvalue weighted by Gasteiger charge is 1.98. The molecule has 0 aliphatic rings. The van der Waals surface area contributed by atoms with E-state index in [1.807, 2.05) is 25.1 Å². The number of halogens is 1. The minimum Gasteiger partial charge on any atom is -0.245 e. The van der Waals surface area contributed by atoms with Gasteiger partial charge in [0.15, 0.2) is 0 Å². The van der Waals surface area contributed by atoms with Crippen molar-refractivity contribution in [2.75, 3.05) is 0 Å². The highest BCUT2D eigenvalue weighted by Crippen LogP contribution is 2.07. The molecule has 1 aromatic heterocycles. The molecule has 0 aliphatic heterocycles. The van der Waals surface area contributed by atoms with Crippen LogP contribution in [0.5, 0.6) is 0 Å². The van der Waals surface area contributed by atoms with E-state index < -0.39 is 5.82 Å². The predicted molar refractivity (Wildman–Crippen MR) is 66.1 cm³/mol. The Morgan fingerprint density at radius 3 is 2.61 bits per heavy atom. The predicted octanol–water partition coefficient (Wildman–Crippen LogP) is 2.80. The Hall–Kier alpha value is -2.65. The summed E-state index contributed by atoms with van der Waals surface area (Å²) in [7, 11) is 0. The highest BCUT2D eigenvalue weighted by molar-refractivity contribution is 5.44. The van der Waals surface area contributed by atoms with E-state index in [1.165, 1.54) is 12.1 Å². The molecule has 0 atom stereocenters. The number of nitrogens with zero attached hydrogens (tertiary/aromatic N) is 2. The van der Waals surface area contributed by atoms with E-state index in [1.54, 1.807) is 12.1 Å². The Kier molecular flexibility index (Phi) is 3.36. The molecule has 0 radical (unpaired) electrons. The van der Waals surface area contributed by atoms with E-state index in [4.69, 9.17) is 5.26 Å². The van der Waals surface area contributed by atoms with Crippen molar-refractivity contribution in [3.05, 3.63) is 64.7 Å². The monoisotopic (exact) mass is 236 g/mol. The maximum absolute atomic E-state index is 13.2. The lowest BCUT2D eigenvalue weighted by atomic mass is 10.1. The van der Waals surface area contributed by atoms with Crippen LogP contribution in [0.2, 0.25) is 0 Å². The maximum Gasteiger partial charge on any atom is 0.125 e. The Morgan fingerprint density at radius 2 is 1.89 bits per heavy atom. The van der Waals surface area contributed by atoms with Gasteiger partial charge < -0.3 is 0 Å². The van der Waals surface area contributed by atoms with E-state index in [2.05, 4.69) is 16.8 Å². The summed E-state index contributed by atoms with van der Waals surface area (Å²) >= 11 is 0. The molecule has 3 heteroatoms. The van der Waals surface area contributed by atoms with Crippen molar-refractivity contribution in [1.29, 1.82) is 5.26 Å². The molecular weight excluding hydrogens is 227 g/mol. The van der Waals surface area contributed by atoms with Gasteiger partial charge in [0.1, 0.15) is 11.5 Å². The summed E-state index contributed by atoms with van der Waals surface area (Å²) in [5, 5.41) is 8.73. The normalized spacial score (nSPS) is 9.17. The molecule has 2 rings (SSSR count). The Morgan fingerprint density at radius 1 is 1.11 bits per heavy atom. The zero-order chi connectivity index (χ0) is 13.0. The van der Waals surface area contributed by atoms with Crippen molar-refractivity contribution in [3.8, 4) is 17.9 Å². The number of benzene rings is 1. The van der Waals surface area contributed by atoms with Crippen molar-refractivity contribution in [2.24, 2.45) is 0 Å². The van der Waals surface area contributed by atoms with Crippen LogP contribution in [0.25, 0.3) is 0 Å². The molecule has 1 aromatic carbocycles. The van der Waals surface area contributed by atoms with Crippen molar-refractivity contribution in [3.63, 3.8) is 0 Å². The molecule has 0 aliphatic carbocycles. The summed E-state index contributed by atoms with van der Waals surface area (Å²) in [6, 6.07) is 11.4. The standard InChI is InChI=1S/C15H9FN2/c1-11-3-2-4-15(18-11)6-5-12-7-13(10-17)9-14(16)8-12/h2-4,7-9H,1H3. The lowest BCUT2D eigenvalue weighted by Crippen LogP contribution is -1.86. The van der Waals surface area contributed by atoms with Crippen molar-refractivity contribution >= 4 is 0 Å². The van der Waals surface area contributed by atoms with Gasteiger partial charge in [-0.1, -0.05) is 12.0 Å². The molecule has 18 heavy (non-hydrogen) atoms. The molecule has 0 fully saturated rings. The summed E-state index contributed by atoms with van der Waals surface area (Å²) in [6.07, 6.45) is 0. The van der Waals surface area contributed by atoms with Crippen molar-refractivity contribution in [1.82, 2.24) is 4.98 Å². The number of hydrogen-bond donors (Lipinski definition) is 0. The first-order valence-corrected chi connectivity index (χ1v) is 5.34. The SMILES string of the molecule is Cc1cccc(C#Cc2cc(F)cc(C#N)c2)n1. The van der Waals surface area contributed by atoms with Gasteiger partial charge in [0.25, 0.3) is 0 Å². The first-order chi connectivity index (χ1) is 8.67.